The third-order valence-electron chi connectivity index (χ3n) is 3.97. The highest BCUT2D eigenvalue weighted by molar-refractivity contribution is 5.96. The number of carbonyl (C=O) groups is 1. The van der Waals surface area contributed by atoms with E-state index < -0.39 is 5.91 Å². The van der Waals surface area contributed by atoms with E-state index in [9.17, 15) is 4.79 Å². The van der Waals surface area contributed by atoms with E-state index in [1.54, 1.807) is 12.3 Å². The van der Waals surface area contributed by atoms with Gasteiger partial charge in [0, 0.05) is 6.20 Å². The number of primary amides is 1. The van der Waals surface area contributed by atoms with Gasteiger partial charge in [0.05, 0.1) is 5.54 Å². The van der Waals surface area contributed by atoms with Gasteiger partial charge in [-0.25, -0.2) is 4.98 Å². The van der Waals surface area contributed by atoms with Crippen molar-refractivity contribution in [3.05, 3.63) is 23.4 Å². The zero-order valence-corrected chi connectivity index (χ0v) is 12.0. The molecule has 0 aliphatic heterocycles. The number of ether oxygens (including phenoxy) is 1. The second kappa shape index (κ2) is 6.22. The maximum atomic E-state index is 11.5. The molecule has 0 spiro atoms. The van der Waals surface area contributed by atoms with Gasteiger partial charge < -0.3 is 16.2 Å². The van der Waals surface area contributed by atoms with Gasteiger partial charge in [-0.1, -0.05) is 25.7 Å². The highest BCUT2D eigenvalue weighted by Crippen LogP contribution is 2.26. The number of hydrogen-bond donors (Lipinski definition) is 2. The number of carbonyl (C=O) groups excluding carboxylic acids is 1. The second-order valence-electron chi connectivity index (χ2n) is 5.74. The molecule has 1 aliphatic carbocycles. The molecule has 0 unspecified atom stereocenters. The van der Waals surface area contributed by atoms with E-state index in [1.807, 2.05) is 6.92 Å². The molecule has 0 bridgehead atoms. The Labute approximate surface area is 119 Å². The van der Waals surface area contributed by atoms with Crippen LogP contribution in [-0.4, -0.2) is 23.0 Å². The summed E-state index contributed by atoms with van der Waals surface area (Å²) >= 11 is 0. The summed E-state index contributed by atoms with van der Waals surface area (Å²) in [6.45, 7) is 2.20. The number of pyridine rings is 1. The van der Waals surface area contributed by atoms with Crippen LogP contribution in [0, 0.1) is 6.92 Å². The number of hydrogen-bond acceptors (Lipinski definition) is 4. The first kappa shape index (κ1) is 14.8. The van der Waals surface area contributed by atoms with E-state index in [1.165, 1.54) is 12.8 Å². The van der Waals surface area contributed by atoms with E-state index in [0.717, 1.165) is 31.2 Å². The molecule has 5 heteroatoms. The van der Waals surface area contributed by atoms with Crippen molar-refractivity contribution in [1.82, 2.24) is 4.98 Å². The third kappa shape index (κ3) is 3.48. The quantitative estimate of drug-likeness (QED) is 0.822. The third-order valence-corrected chi connectivity index (χ3v) is 3.97. The van der Waals surface area contributed by atoms with E-state index in [0.29, 0.717) is 18.1 Å². The molecule has 0 atom stereocenters. The second-order valence-corrected chi connectivity index (χ2v) is 5.74. The number of aryl methyl sites for hydroxylation is 1. The largest absolute Gasteiger partial charge is 0.475 e. The van der Waals surface area contributed by atoms with E-state index in [-0.39, 0.29) is 5.54 Å². The highest BCUT2D eigenvalue weighted by Gasteiger charge is 2.28. The summed E-state index contributed by atoms with van der Waals surface area (Å²) < 4.78 is 5.74. The first-order valence-electron chi connectivity index (χ1n) is 7.19. The van der Waals surface area contributed by atoms with Crippen molar-refractivity contribution in [2.45, 2.75) is 51.0 Å². The van der Waals surface area contributed by atoms with Crippen LogP contribution in [0.3, 0.4) is 0 Å². The van der Waals surface area contributed by atoms with Crippen LogP contribution >= 0.6 is 0 Å². The minimum atomic E-state index is -0.516. The molecule has 1 aromatic heterocycles. The van der Waals surface area contributed by atoms with Gasteiger partial charge >= 0.3 is 0 Å². The van der Waals surface area contributed by atoms with Crippen molar-refractivity contribution in [3.8, 4) is 5.88 Å². The fraction of sp³-hybridized carbons (Fsp3) is 0.600. The first-order valence-corrected chi connectivity index (χ1v) is 7.19. The van der Waals surface area contributed by atoms with Gasteiger partial charge in [-0.05, 0) is 31.4 Å². The Morgan fingerprint density at radius 3 is 2.60 bits per heavy atom. The maximum Gasteiger partial charge on any atom is 0.254 e. The van der Waals surface area contributed by atoms with Crippen molar-refractivity contribution < 1.29 is 9.53 Å². The molecule has 5 nitrogen and oxygen atoms in total. The zero-order valence-electron chi connectivity index (χ0n) is 12.0. The zero-order chi connectivity index (χ0) is 14.6. The maximum absolute atomic E-state index is 11.5. The monoisotopic (exact) mass is 277 g/mol. The Bertz CT molecular complexity index is 480. The average molecular weight is 277 g/mol. The van der Waals surface area contributed by atoms with Crippen LogP contribution in [0.4, 0.5) is 0 Å². The van der Waals surface area contributed by atoms with Crippen LogP contribution < -0.4 is 16.2 Å². The lowest BCUT2D eigenvalue weighted by Gasteiger charge is -2.28. The Morgan fingerprint density at radius 2 is 2.00 bits per heavy atom. The normalized spacial score (nSPS) is 18.3. The minimum Gasteiger partial charge on any atom is -0.475 e. The van der Waals surface area contributed by atoms with Gasteiger partial charge in [-0.2, -0.15) is 0 Å². The lowest BCUT2D eigenvalue weighted by atomic mass is 9.92. The molecular weight excluding hydrogens is 254 g/mol. The molecule has 1 aliphatic rings. The summed E-state index contributed by atoms with van der Waals surface area (Å²) in [5.74, 6) is -0.218. The van der Waals surface area contributed by atoms with Crippen molar-refractivity contribution in [2.24, 2.45) is 11.5 Å². The van der Waals surface area contributed by atoms with Crippen LogP contribution in [0.25, 0.3) is 0 Å². The molecule has 0 saturated heterocycles. The van der Waals surface area contributed by atoms with Gasteiger partial charge in [0.1, 0.15) is 12.2 Å². The molecule has 20 heavy (non-hydrogen) atoms. The van der Waals surface area contributed by atoms with E-state index in [2.05, 4.69) is 4.98 Å². The van der Waals surface area contributed by atoms with Crippen molar-refractivity contribution >= 4 is 5.91 Å². The molecule has 4 N–H and O–H groups in total. The lowest BCUT2D eigenvalue weighted by molar-refractivity contribution is 0.0991. The van der Waals surface area contributed by atoms with Gasteiger partial charge in [0.2, 0.25) is 5.88 Å². The standard InChI is InChI=1S/C15H23N3O2/c1-11-6-9-18-14(12(11)13(16)19)20-10-15(17)7-4-2-3-5-8-15/h6,9H,2-5,7-8,10,17H2,1H3,(H2,16,19). The summed E-state index contributed by atoms with van der Waals surface area (Å²) in [7, 11) is 0. The van der Waals surface area contributed by atoms with Crippen LogP contribution in [0.5, 0.6) is 5.88 Å². The van der Waals surface area contributed by atoms with Gasteiger partial charge in [0.15, 0.2) is 0 Å². The number of rotatable bonds is 4. The summed E-state index contributed by atoms with van der Waals surface area (Å²) in [4.78, 5) is 15.6. The summed E-state index contributed by atoms with van der Waals surface area (Å²) in [6.07, 6.45) is 8.23. The van der Waals surface area contributed by atoms with Gasteiger partial charge in [0.25, 0.3) is 5.91 Å². The average Bonchev–Trinajstić information content (AvgIpc) is 2.61. The fourth-order valence-electron chi connectivity index (χ4n) is 2.73. The van der Waals surface area contributed by atoms with Crippen LogP contribution in [-0.2, 0) is 0 Å². The minimum absolute atomic E-state index is 0.298. The van der Waals surface area contributed by atoms with Gasteiger partial charge in [-0.15, -0.1) is 0 Å². The molecule has 110 valence electrons. The van der Waals surface area contributed by atoms with Gasteiger partial charge in [-0.3, -0.25) is 4.79 Å². The fourth-order valence-corrected chi connectivity index (χ4v) is 2.73. The Balaban J connectivity index is 2.10. The predicted octanol–water partition coefficient (Wildman–Crippen LogP) is 1.92. The van der Waals surface area contributed by atoms with Crippen LogP contribution in [0.15, 0.2) is 12.3 Å². The SMILES string of the molecule is Cc1ccnc(OCC2(N)CCCCCC2)c1C(N)=O. The summed E-state index contributed by atoms with van der Waals surface area (Å²) in [5, 5.41) is 0. The topological polar surface area (TPSA) is 91.2 Å². The van der Waals surface area contributed by atoms with E-state index >= 15 is 0 Å². The molecule has 1 amide bonds. The lowest BCUT2D eigenvalue weighted by Crippen LogP contribution is -2.45. The molecule has 1 fully saturated rings. The Morgan fingerprint density at radius 1 is 1.35 bits per heavy atom. The van der Waals surface area contributed by atoms with Crippen molar-refractivity contribution in [3.63, 3.8) is 0 Å². The van der Waals surface area contributed by atoms with Crippen molar-refractivity contribution in [1.29, 1.82) is 0 Å². The number of nitrogens with zero attached hydrogens (tertiary/aromatic N) is 1. The summed E-state index contributed by atoms with van der Waals surface area (Å²) in [6, 6.07) is 1.75. The number of nitrogens with two attached hydrogens (primary N) is 2. The van der Waals surface area contributed by atoms with E-state index in [4.69, 9.17) is 16.2 Å². The molecule has 2 rings (SSSR count). The molecular formula is C15H23N3O2. The molecule has 0 radical (unpaired) electrons. The first-order chi connectivity index (χ1) is 9.52. The predicted molar refractivity (Wildman–Crippen MR) is 77.6 cm³/mol. The molecule has 1 heterocycles. The van der Waals surface area contributed by atoms with Crippen LogP contribution in [0.1, 0.15) is 54.4 Å². The molecule has 1 saturated carbocycles. The summed E-state index contributed by atoms with van der Waals surface area (Å²) in [5.41, 5.74) is 12.6. The number of aromatic nitrogens is 1. The molecule has 1 aromatic rings. The molecule has 0 aromatic carbocycles. The Kier molecular flexibility index (Phi) is 4.60. The Hall–Kier alpha value is -1.62. The smallest absolute Gasteiger partial charge is 0.254 e. The van der Waals surface area contributed by atoms with Crippen molar-refractivity contribution in [2.75, 3.05) is 6.61 Å². The van der Waals surface area contributed by atoms with Crippen LogP contribution in [0.2, 0.25) is 0 Å². The number of amides is 1. The highest BCUT2D eigenvalue weighted by atomic mass is 16.5.